The number of nitrogens with one attached hydrogen (secondary N) is 2. The van der Waals surface area contributed by atoms with Crippen LogP contribution in [0.25, 0.3) is 32.9 Å². The summed E-state index contributed by atoms with van der Waals surface area (Å²) >= 11 is 0. The van der Waals surface area contributed by atoms with E-state index in [-0.39, 0.29) is 28.3 Å². The van der Waals surface area contributed by atoms with Crippen molar-refractivity contribution in [2.45, 2.75) is 0 Å². The minimum absolute atomic E-state index is 0.0612. The van der Waals surface area contributed by atoms with Gasteiger partial charge in [-0.15, -0.1) is 0 Å². The summed E-state index contributed by atoms with van der Waals surface area (Å²) in [5.41, 5.74) is 8.18. The maximum absolute atomic E-state index is 16.0. The molecule has 0 atom stereocenters. The fourth-order valence-corrected chi connectivity index (χ4v) is 5.40. The molecule has 2 heterocycles. The highest BCUT2D eigenvalue weighted by Gasteiger charge is 2.23. The first-order valence-corrected chi connectivity index (χ1v) is 13.4. The van der Waals surface area contributed by atoms with E-state index in [1.165, 1.54) is 24.3 Å². The topological polar surface area (TPSA) is 112 Å². The van der Waals surface area contributed by atoms with E-state index in [2.05, 4.69) is 15.2 Å². The molecule has 6 rings (SSSR count). The molecule has 0 aliphatic carbocycles. The van der Waals surface area contributed by atoms with Crippen molar-refractivity contribution in [3.63, 3.8) is 0 Å². The molecule has 4 N–H and O–H groups in total. The van der Waals surface area contributed by atoms with Crippen LogP contribution in [-0.2, 0) is 0 Å². The highest BCUT2D eigenvalue weighted by atomic mass is 19.1. The second-order valence-corrected chi connectivity index (χ2v) is 10.4. The summed E-state index contributed by atoms with van der Waals surface area (Å²) in [4.78, 5) is 45.5. The van der Waals surface area contributed by atoms with Crippen molar-refractivity contribution in [2.75, 3.05) is 38.5 Å². The Morgan fingerprint density at radius 2 is 1.57 bits per heavy atom. The average Bonchev–Trinajstić information content (AvgIpc) is 3.37. The van der Waals surface area contributed by atoms with Gasteiger partial charge in [0.1, 0.15) is 5.82 Å². The minimum atomic E-state index is -0.683. The van der Waals surface area contributed by atoms with Gasteiger partial charge in [-0.2, -0.15) is 0 Å². The first-order valence-electron chi connectivity index (χ1n) is 13.4. The molecule has 0 saturated carbocycles. The van der Waals surface area contributed by atoms with Gasteiger partial charge in [-0.25, -0.2) is 8.78 Å². The van der Waals surface area contributed by atoms with Crippen molar-refractivity contribution in [1.82, 2.24) is 14.8 Å². The summed E-state index contributed by atoms with van der Waals surface area (Å²) < 4.78 is 29.3. The summed E-state index contributed by atoms with van der Waals surface area (Å²) in [6, 6.07) is 17.9. The number of anilines is 1. The molecule has 10 heteroatoms. The second-order valence-electron chi connectivity index (χ2n) is 10.4. The number of nitrogens with two attached hydrogens (primary N) is 1. The number of piperazine rings is 1. The van der Waals surface area contributed by atoms with Crippen molar-refractivity contribution >= 4 is 45.2 Å². The van der Waals surface area contributed by atoms with Crippen LogP contribution in [0, 0.1) is 11.6 Å². The molecule has 1 aromatic heterocycles. The molecule has 0 bridgehead atoms. The molecule has 8 nitrogen and oxygen atoms in total. The number of rotatable bonds is 5. The van der Waals surface area contributed by atoms with Gasteiger partial charge in [0.2, 0.25) is 0 Å². The Morgan fingerprint density at radius 3 is 2.29 bits per heavy atom. The van der Waals surface area contributed by atoms with Crippen molar-refractivity contribution in [3.8, 4) is 11.1 Å². The molecule has 0 unspecified atom stereocenters. The van der Waals surface area contributed by atoms with Crippen LogP contribution < -0.4 is 11.1 Å². The molecule has 1 fully saturated rings. The van der Waals surface area contributed by atoms with Crippen molar-refractivity contribution in [1.29, 1.82) is 0 Å². The van der Waals surface area contributed by atoms with Crippen LogP contribution in [0.1, 0.15) is 31.1 Å². The van der Waals surface area contributed by atoms with Gasteiger partial charge in [0.25, 0.3) is 17.7 Å². The van der Waals surface area contributed by atoms with E-state index >= 15 is 4.39 Å². The predicted octanol–water partition coefficient (Wildman–Crippen LogP) is 5.01. The van der Waals surface area contributed by atoms with Crippen LogP contribution in [0.15, 0.2) is 72.8 Å². The summed E-state index contributed by atoms with van der Waals surface area (Å²) in [5, 5.41) is 3.79. The molecule has 5 aromatic rings. The van der Waals surface area contributed by atoms with E-state index in [9.17, 15) is 18.8 Å². The molecular formula is C32H27F2N5O3. The van der Waals surface area contributed by atoms with Gasteiger partial charge in [-0.3, -0.25) is 14.4 Å². The summed E-state index contributed by atoms with van der Waals surface area (Å²) in [6.07, 6.45) is 0. The number of hydrogen-bond acceptors (Lipinski definition) is 4. The van der Waals surface area contributed by atoms with Crippen molar-refractivity contribution in [2.24, 2.45) is 5.73 Å². The van der Waals surface area contributed by atoms with Gasteiger partial charge in [-0.05, 0) is 61.1 Å². The van der Waals surface area contributed by atoms with Crippen LogP contribution in [0.2, 0.25) is 0 Å². The van der Waals surface area contributed by atoms with Crippen molar-refractivity contribution < 1.29 is 23.2 Å². The van der Waals surface area contributed by atoms with Gasteiger partial charge in [0, 0.05) is 59.2 Å². The number of carbonyl (C=O) groups is 3. The summed E-state index contributed by atoms with van der Waals surface area (Å²) in [5.74, 6) is -2.51. The number of aromatic nitrogens is 1. The third-order valence-corrected chi connectivity index (χ3v) is 7.70. The fraction of sp³-hybridized carbons (Fsp3) is 0.156. The number of halogens is 2. The van der Waals surface area contributed by atoms with E-state index < -0.39 is 23.4 Å². The average molecular weight is 568 g/mol. The van der Waals surface area contributed by atoms with Crippen LogP contribution in [0.4, 0.5) is 14.5 Å². The molecule has 0 radical (unpaired) electrons. The lowest BCUT2D eigenvalue weighted by molar-refractivity contribution is 0.0664. The van der Waals surface area contributed by atoms with E-state index in [1.54, 1.807) is 36.4 Å². The van der Waals surface area contributed by atoms with E-state index in [0.29, 0.717) is 46.0 Å². The number of primary amides is 1. The Morgan fingerprint density at radius 1 is 0.857 bits per heavy atom. The Hall–Kier alpha value is -5.09. The maximum atomic E-state index is 16.0. The molecule has 1 aliphatic rings. The number of benzene rings is 4. The van der Waals surface area contributed by atoms with Crippen LogP contribution in [-0.4, -0.2) is 65.7 Å². The number of hydrogen-bond donors (Lipinski definition) is 3. The van der Waals surface area contributed by atoms with Gasteiger partial charge in [0.05, 0.1) is 16.8 Å². The molecule has 1 saturated heterocycles. The third-order valence-electron chi connectivity index (χ3n) is 7.70. The summed E-state index contributed by atoms with van der Waals surface area (Å²) in [6.45, 7) is 2.84. The quantitative estimate of drug-likeness (QED) is 0.277. The molecule has 3 amide bonds. The van der Waals surface area contributed by atoms with Crippen LogP contribution in [0.3, 0.4) is 0 Å². The predicted molar refractivity (Wildman–Crippen MR) is 157 cm³/mol. The lowest BCUT2D eigenvalue weighted by atomic mass is 9.95. The normalized spacial score (nSPS) is 13.9. The zero-order valence-electron chi connectivity index (χ0n) is 22.7. The number of fused-ring (bicyclic) bond motifs is 3. The lowest BCUT2D eigenvalue weighted by Gasteiger charge is -2.32. The first-order chi connectivity index (χ1) is 20.2. The second kappa shape index (κ2) is 10.7. The Kier molecular flexibility index (Phi) is 6.91. The molecule has 4 aromatic carbocycles. The number of H-pyrrole nitrogens is 1. The lowest BCUT2D eigenvalue weighted by Crippen LogP contribution is -2.47. The number of nitrogens with zero attached hydrogens (tertiary/aromatic N) is 2. The number of aromatic amines is 1. The van der Waals surface area contributed by atoms with Gasteiger partial charge < -0.3 is 25.8 Å². The Bertz CT molecular complexity index is 1880. The van der Waals surface area contributed by atoms with Crippen molar-refractivity contribution in [3.05, 3.63) is 101 Å². The molecule has 42 heavy (non-hydrogen) atoms. The fourth-order valence-electron chi connectivity index (χ4n) is 5.40. The monoisotopic (exact) mass is 567 g/mol. The number of likely N-dealkylation sites (N-methyl/N-ethyl adjacent to an activating group) is 1. The standard InChI is InChI=1S/C32H27F2N5O3/c1-38-13-15-39(16-14-38)32(42)19-7-10-23-26(17-19)36-29-24(30(35)40)12-11-21(27(23)29)22-3-2-4-25(28(22)34)37-31(41)18-5-8-20(33)9-6-18/h2-12,17,36H,13-16H2,1H3,(H2,35,40)(H,37,41). The zero-order valence-corrected chi connectivity index (χ0v) is 22.7. The SMILES string of the molecule is CN1CCN(C(=O)c2ccc3c(c2)[nH]c2c(C(N)=O)ccc(-c4cccc(NC(=O)c5ccc(F)cc5)c4F)c23)CC1. The van der Waals surface area contributed by atoms with Crippen LogP contribution >= 0.6 is 0 Å². The van der Waals surface area contributed by atoms with Gasteiger partial charge >= 0.3 is 0 Å². The largest absolute Gasteiger partial charge is 0.366 e. The third kappa shape index (κ3) is 4.86. The zero-order chi connectivity index (χ0) is 29.5. The highest BCUT2D eigenvalue weighted by Crippen LogP contribution is 2.39. The molecular weight excluding hydrogens is 540 g/mol. The van der Waals surface area contributed by atoms with Gasteiger partial charge in [-0.1, -0.05) is 24.3 Å². The number of carbonyl (C=O) groups excluding carboxylic acids is 3. The highest BCUT2D eigenvalue weighted by molar-refractivity contribution is 6.20. The molecule has 0 spiro atoms. The summed E-state index contributed by atoms with van der Waals surface area (Å²) in [7, 11) is 2.02. The number of amides is 3. The minimum Gasteiger partial charge on any atom is -0.366 e. The van der Waals surface area contributed by atoms with E-state index in [4.69, 9.17) is 5.73 Å². The Labute approximate surface area is 239 Å². The Balaban J connectivity index is 1.43. The molecule has 212 valence electrons. The smallest absolute Gasteiger partial charge is 0.255 e. The maximum Gasteiger partial charge on any atom is 0.255 e. The molecule has 1 aliphatic heterocycles. The van der Waals surface area contributed by atoms with Crippen LogP contribution in [0.5, 0.6) is 0 Å². The van der Waals surface area contributed by atoms with E-state index in [0.717, 1.165) is 25.2 Å². The van der Waals surface area contributed by atoms with Gasteiger partial charge in [0.15, 0.2) is 5.82 Å². The van der Waals surface area contributed by atoms with E-state index in [1.807, 2.05) is 11.9 Å². The first kappa shape index (κ1) is 27.1.